The molecule has 0 aromatic heterocycles. The Kier molecular flexibility index (Phi) is 10.4. The fourth-order valence-corrected chi connectivity index (χ4v) is 2.77. The fraction of sp³-hybridized carbons (Fsp3) is 0.562. The molecule has 24 heavy (non-hydrogen) atoms. The topological polar surface area (TPSA) is 44.4 Å². The highest BCUT2D eigenvalue weighted by Gasteiger charge is 2.25. The van der Waals surface area contributed by atoms with E-state index in [0.29, 0.717) is 0 Å². The Bertz CT molecular complexity index is 506. The SMILES string of the molecule is CN(C)C(CNC(=O)[C@H]1CCCCN1)c1c(F)cccc1F.Cl.Cl. The number of amides is 1. The minimum atomic E-state index is -0.594. The highest BCUT2D eigenvalue weighted by molar-refractivity contribution is 5.85. The maximum absolute atomic E-state index is 13.9. The third-order valence-electron chi connectivity index (χ3n) is 4.05. The predicted molar refractivity (Wildman–Crippen MR) is 95.9 cm³/mol. The van der Waals surface area contributed by atoms with E-state index in [4.69, 9.17) is 0 Å². The molecule has 0 saturated carbocycles. The molecule has 1 unspecified atom stereocenters. The number of rotatable bonds is 5. The molecule has 1 heterocycles. The quantitative estimate of drug-likeness (QED) is 0.821. The summed E-state index contributed by atoms with van der Waals surface area (Å²) in [6.45, 7) is 0.999. The van der Waals surface area contributed by atoms with Gasteiger partial charge in [-0.3, -0.25) is 4.79 Å². The van der Waals surface area contributed by atoms with E-state index in [1.54, 1.807) is 19.0 Å². The molecular formula is C16H25Cl2F2N3O. The number of piperidine rings is 1. The van der Waals surface area contributed by atoms with Crippen molar-refractivity contribution in [2.75, 3.05) is 27.2 Å². The predicted octanol–water partition coefficient (Wildman–Crippen LogP) is 2.67. The van der Waals surface area contributed by atoms with Gasteiger partial charge in [0, 0.05) is 12.1 Å². The summed E-state index contributed by atoms with van der Waals surface area (Å²) < 4.78 is 27.9. The van der Waals surface area contributed by atoms with Crippen LogP contribution in [0.1, 0.15) is 30.9 Å². The molecule has 1 amide bonds. The van der Waals surface area contributed by atoms with Gasteiger partial charge in [-0.2, -0.15) is 0 Å². The molecule has 0 radical (unpaired) electrons. The summed E-state index contributed by atoms with van der Waals surface area (Å²) in [5, 5.41) is 5.97. The van der Waals surface area contributed by atoms with Gasteiger partial charge in [-0.1, -0.05) is 12.5 Å². The van der Waals surface area contributed by atoms with Crippen LogP contribution in [0, 0.1) is 11.6 Å². The Hall–Kier alpha value is -0.950. The van der Waals surface area contributed by atoms with Gasteiger partial charge in [0.25, 0.3) is 0 Å². The number of likely N-dealkylation sites (N-methyl/N-ethyl adjacent to an activating group) is 1. The minimum absolute atomic E-state index is 0. The lowest BCUT2D eigenvalue weighted by atomic mass is 10.0. The van der Waals surface area contributed by atoms with E-state index in [9.17, 15) is 13.6 Å². The number of nitrogens with one attached hydrogen (secondary N) is 2. The lowest BCUT2D eigenvalue weighted by molar-refractivity contribution is -0.123. The van der Waals surface area contributed by atoms with Gasteiger partial charge >= 0.3 is 0 Å². The molecule has 1 saturated heterocycles. The lowest BCUT2D eigenvalue weighted by Gasteiger charge is -2.28. The van der Waals surface area contributed by atoms with Crippen molar-refractivity contribution in [3.63, 3.8) is 0 Å². The third kappa shape index (κ3) is 5.84. The van der Waals surface area contributed by atoms with Gasteiger partial charge in [-0.05, 0) is 45.6 Å². The molecule has 0 bridgehead atoms. The maximum Gasteiger partial charge on any atom is 0.237 e. The molecule has 2 atom stereocenters. The molecular weight excluding hydrogens is 359 g/mol. The first-order valence-corrected chi connectivity index (χ1v) is 7.62. The van der Waals surface area contributed by atoms with Crippen molar-refractivity contribution in [1.82, 2.24) is 15.5 Å². The Labute approximate surface area is 154 Å². The first-order valence-electron chi connectivity index (χ1n) is 7.62. The van der Waals surface area contributed by atoms with Gasteiger partial charge in [0.1, 0.15) is 11.6 Å². The van der Waals surface area contributed by atoms with Gasteiger partial charge in [-0.25, -0.2) is 8.78 Å². The third-order valence-corrected chi connectivity index (χ3v) is 4.05. The molecule has 138 valence electrons. The largest absolute Gasteiger partial charge is 0.353 e. The Balaban J connectivity index is 0.00000264. The summed E-state index contributed by atoms with van der Waals surface area (Å²) in [5.41, 5.74) is -0.00981. The van der Waals surface area contributed by atoms with Crippen molar-refractivity contribution >= 4 is 30.7 Å². The molecule has 0 spiro atoms. The molecule has 1 aromatic carbocycles. The first-order chi connectivity index (χ1) is 10.5. The Morgan fingerprint density at radius 3 is 2.42 bits per heavy atom. The zero-order valence-corrected chi connectivity index (χ0v) is 15.5. The average molecular weight is 384 g/mol. The standard InChI is InChI=1S/C16H23F2N3O.2ClH/c1-21(2)14(15-11(17)6-5-7-12(15)18)10-20-16(22)13-8-3-4-9-19-13;;/h5-7,13-14,19H,3-4,8-10H2,1-2H3,(H,20,22);2*1H/t13-,14?;;/m1../s1. The van der Waals surface area contributed by atoms with E-state index < -0.39 is 17.7 Å². The molecule has 8 heteroatoms. The monoisotopic (exact) mass is 383 g/mol. The van der Waals surface area contributed by atoms with Gasteiger partial charge in [0.15, 0.2) is 0 Å². The van der Waals surface area contributed by atoms with Crippen molar-refractivity contribution in [2.24, 2.45) is 0 Å². The molecule has 1 aromatic rings. The normalized spacial score (nSPS) is 18.3. The van der Waals surface area contributed by atoms with Crippen LogP contribution in [0.3, 0.4) is 0 Å². The number of hydrogen-bond donors (Lipinski definition) is 2. The zero-order chi connectivity index (χ0) is 16.1. The van der Waals surface area contributed by atoms with Gasteiger partial charge in [0.05, 0.1) is 12.1 Å². The summed E-state index contributed by atoms with van der Waals surface area (Å²) >= 11 is 0. The summed E-state index contributed by atoms with van der Waals surface area (Å²) in [6.07, 6.45) is 2.89. The second-order valence-corrected chi connectivity index (χ2v) is 5.86. The second kappa shape index (κ2) is 10.8. The highest BCUT2D eigenvalue weighted by atomic mass is 35.5. The van der Waals surface area contributed by atoms with E-state index in [0.717, 1.165) is 25.8 Å². The Morgan fingerprint density at radius 2 is 1.92 bits per heavy atom. The molecule has 1 fully saturated rings. The maximum atomic E-state index is 13.9. The van der Waals surface area contributed by atoms with Crippen LogP contribution in [0.15, 0.2) is 18.2 Å². The summed E-state index contributed by atoms with van der Waals surface area (Å²) in [5.74, 6) is -1.30. The number of nitrogens with zero attached hydrogens (tertiary/aromatic N) is 1. The number of carbonyl (C=O) groups excluding carboxylic acids is 1. The van der Waals surface area contributed by atoms with Crippen molar-refractivity contribution in [1.29, 1.82) is 0 Å². The van der Waals surface area contributed by atoms with Gasteiger partial charge < -0.3 is 15.5 Å². The van der Waals surface area contributed by atoms with E-state index in [-0.39, 0.29) is 48.9 Å². The van der Waals surface area contributed by atoms with Crippen molar-refractivity contribution in [2.45, 2.75) is 31.3 Å². The van der Waals surface area contributed by atoms with Crippen LogP contribution < -0.4 is 10.6 Å². The first kappa shape index (κ1) is 23.1. The van der Waals surface area contributed by atoms with E-state index in [2.05, 4.69) is 10.6 Å². The molecule has 1 aliphatic rings. The van der Waals surface area contributed by atoms with E-state index >= 15 is 0 Å². The van der Waals surface area contributed by atoms with Crippen LogP contribution >= 0.6 is 24.8 Å². The lowest BCUT2D eigenvalue weighted by Crippen LogP contribution is -2.48. The number of carbonyl (C=O) groups is 1. The molecule has 2 rings (SSSR count). The molecule has 2 N–H and O–H groups in total. The Morgan fingerprint density at radius 1 is 1.29 bits per heavy atom. The van der Waals surface area contributed by atoms with Gasteiger partial charge in [-0.15, -0.1) is 24.8 Å². The van der Waals surface area contributed by atoms with Gasteiger partial charge in [0.2, 0.25) is 5.91 Å². The van der Waals surface area contributed by atoms with E-state index in [1.165, 1.54) is 18.2 Å². The molecule has 1 aliphatic heterocycles. The van der Waals surface area contributed by atoms with Crippen LogP contribution in [-0.4, -0.2) is 44.0 Å². The average Bonchev–Trinajstić information content (AvgIpc) is 2.50. The number of halogens is 4. The van der Waals surface area contributed by atoms with Crippen molar-refractivity contribution < 1.29 is 13.6 Å². The number of benzene rings is 1. The zero-order valence-electron chi connectivity index (χ0n) is 13.9. The van der Waals surface area contributed by atoms with Crippen LogP contribution in [0.4, 0.5) is 8.78 Å². The van der Waals surface area contributed by atoms with Crippen LogP contribution in [0.5, 0.6) is 0 Å². The number of hydrogen-bond acceptors (Lipinski definition) is 3. The second-order valence-electron chi connectivity index (χ2n) is 5.86. The van der Waals surface area contributed by atoms with Crippen molar-refractivity contribution in [3.8, 4) is 0 Å². The smallest absolute Gasteiger partial charge is 0.237 e. The minimum Gasteiger partial charge on any atom is -0.353 e. The fourth-order valence-electron chi connectivity index (χ4n) is 2.77. The van der Waals surface area contributed by atoms with E-state index in [1.807, 2.05) is 0 Å². The summed E-state index contributed by atoms with van der Waals surface area (Å²) in [7, 11) is 3.48. The van der Waals surface area contributed by atoms with Crippen molar-refractivity contribution in [3.05, 3.63) is 35.4 Å². The van der Waals surface area contributed by atoms with Crippen LogP contribution in [0.2, 0.25) is 0 Å². The summed E-state index contributed by atoms with van der Waals surface area (Å²) in [4.78, 5) is 13.9. The highest BCUT2D eigenvalue weighted by Crippen LogP contribution is 2.24. The van der Waals surface area contributed by atoms with Crippen LogP contribution in [0.25, 0.3) is 0 Å². The van der Waals surface area contributed by atoms with Crippen LogP contribution in [-0.2, 0) is 4.79 Å². The molecule has 4 nitrogen and oxygen atoms in total. The molecule has 0 aliphatic carbocycles. The summed E-state index contributed by atoms with van der Waals surface area (Å²) in [6, 6.07) is 3.06.